The number of likely N-dealkylation sites (tertiary alicyclic amines) is 1. The molecule has 2 N–H and O–H groups in total. The zero-order chi connectivity index (χ0) is 18.9. The van der Waals surface area contributed by atoms with E-state index in [4.69, 9.17) is 5.73 Å². The Morgan fingerprint density at radius 1 is 1.38 bits per heavy atom. The molecule has 0 unspecified atom stereocenters. The molecule has 1 aliphatic heterocycles. The number of nitrogens with two attached hydrogens (primary N) is 1. The number of hydrogen-bond donors (Lipinski definition) is 1. The molecule has 2 heterocycles. The van der Waals surface area contributed by atoms with Crippen LogP contribution in [-0.2, 0) is 6.18 Å². The van der Waals surface area contributed by atoms with Crippen molar-refractivity contribution < 1.29 is 18.0 Å². The topological polar surface area (TPSA) is 77.0 Å². The van der Waals surface area contributed by atoms with Gasteiger partial charge < -0.3 is 10.6 Å². The van der Waals surface area contributed by atoms with Crippen molar-refractivity contribution in [3.8, 4) is 5.69 Å². The van der Waals surface area contributed by atoms with Crippen molar-refractivity contribution in [2.24, 2.45) is 11.7 Å². The number of nitrogens with zero attached hydrogens (tertiary/aromatic N) is 4. The summed E-state index contributed by atoms with van der Waals surface area (Å²) in [6.07, 6.45) is -1.26. The number of piperidine rings is 1. The molecule has 0 bridgehead atoms. The Kier molecular flexibility index (Phi) is 4.99. The van der Waals surface area contributed by atoms with Crippen molar-refractivity contribution in [1.82, 2.24) is 19.9 Å². The number of carbonyl (C=O) groups excluding carboxylic acids is 1. The van der Waals surface area contributed by atoms with E-state index >= 15 is 0 Å². The van der Waals surface area contributed by atoms with Crippen LogP contribution in [-0.4, -0.2) is 44.9 Å². The highest BCUT2D eigenvalue weighted by Crippen LogP contribution is 2.30. The van der Waals surface area contributed by atoms with Crippen LogP contribution in [0, 0.1) is 5.92 Å². The Morgan fingerprint density at radius 2 is 2.15 bits per heavy atom. The first-order valence-electron chi connectivity index (χ1n) is 8.40. The maximum Gasteiger partial charge on any atom is 0.416 e. The van der Waals surface area contributed by atoms with Gasteiger partial charge in [-0.3, -0.25) is 4.79 Å². The third kappa shape index (κ3) is 3.87. The molecule has 6 nitrogen and oxygen atoms in total. The Balaban J connectivity index is 1.78. The Hall–Kier alpha value is -2.42. The summed E-state index contributed by atoms with van der Waals surface area (Å²) in [5, 5.41) is 7.65. The summed E-state index contributed by atoms with van der Waals surface area (Å²) in [6, 6.07) is 4.71. The average Bonchev–Trinajstić information content (AvgIpc) is 3.10. The minimum atomic E-state index is -4.45. The van der Waals surface area contributed by atoms with Crippen LogP contribution in [0.15, 0.2) is 30.5 Å². The Labute approximate surface area is 148 Å². The number of alkyl halides is 3. The van der Waals surface area contributed by atoms with Crippen molar-refractivity contribution in [3.63, 3.8) is 0 Å². The fraction of sp³-hybridized carbons (Fsp3) is 0.471. The molecule has 1 aliphatic rings. The van der Waals surface area contributed by atoms with Gasteiger partial charge in [-0.15, -0.1) is 5.10 Å². The standard InChI is InChI=1S/C17H20F3N5O/c1-11(21)12-4-3-7-24(9-12)16(26)15-10-25(23-22-15)14-6-2-5-13(8-14)17(18,19)20/h2,5-6,8,10-12H,3-4,7,9,21H2,1H3/t11-,12-/m1/s1. The van der Waals surface area contributed by atoms with Crippen LogP contribution < -0.4 is 5.73 Å². The molecular formula is C17H20F3N5O. The van der Waals surface area contributed by atoms with E-state index in [9.17, 15) is 18.0 Å². The van der Waals surface area contributed by atoms with Gasteiger partial charge in [0.05, 0.1) is 17.4 Å². The van der Waals surface area contributed by atoms with Crippen molar-refractivity contribution in [2.45, 2.75) is 32.0 Å². The third-order valence-electron chi connectivity index (χ3n) is 4.64. The van der Waals surface area contributed by atoms with E-state index in [1.165, 1.54) is 23.0 Å². The quantitative estimate of drug-likeness (QED) is 0.904. The lowest BCUT2D eigenvalue weighted by atomic mass is 9.92. The summed E-state index contributed by atoms with van der Waals surface area (Å²) in [5.74, 6) is -0.0558. The summed E-state index contributed by atoms with van der Waals surface area (Å²) in [6.45, 7) is 3.08. The number of aromatic nitrogens is 3. The lowest BCUT2D eigenvalue weighted by Gasteiger charge is -2.34. The van der Waals surface area contributed by atoms with Crippen molar-refractivity contribution >= 4 is 5.91 Å². The largest absolute Gasteiger partial charge is 0.416 e. The summed E-state index contributed by atoms with van der Waals surface area (Å²) in [7, 11) is 0. The van der Waals surface area contributed by atoms with Crippen molar-refractivity contribution in [1.29, 1.82) is 0 Å². The van der Waals surface area contributed by atoms with Crippen LogP contribution in [0.5, 0.6) is 0 Å². The van der Waals surface area contributed by atoms with Gasteiger partial charge in [0, 0.05) is 19.1 Å². The average molecular weight is 367 g/mol. The molecule has 2 aromatic rings. The number of benzene rings is 1. The summed E-state index contributed by atoms with van der Waals surface area (Å²) in [5.41, 5.74) is 5.45. The predicted octanol–water partition coefficient (Wildman–Crippen LogP) is 2.49. The minimum absolute atomic E-state index is 0.00797. The normalized spacial score (nSPS) is 19.4. The second-order valence-corrected chi connectivity index (χ2v) is 6.61. The lowest BCUT2D eigenvalue weighted by Crippen LogP contribution is -2.45. The minimum Gasteiger partial charge on any atom is -0.337 e. The molecule has 0 radical (unpaired) electrons. The van der Waals surface area contributed by atoms with Gasteiger partial charge in [-0.25, -0.2) is 4.68 Å². The van der Waals surface area contributed by atoms with Gasteiger partial charge in [0.25, 0.3) is 5.91 Å². The van der Waals surface area contributed by atoms with Gasteiger partial charge in [0.15, 0.2) is 5.69 Å². The monoisotopic (exact) mass is 367 g/mol. The number of halogens is 3. The van der Waals surface area contributed by atoms with Gasteiger partial charge in [-0.2, -0.15) is 13.2 Å². The molecule has 2 atom stereocenters. The zero-order valence-corrected chi connectivity index (χ0v) is 14.3. The molecule has 1 aromatic heterocycles. The fourth-order valence-electron chi connectivity index (χ4n) is 3.10. The van der Waals surface area contributed by atoms with E-state index in [0.717, 1.165) is 25.0 Å². The molecule has 9 heteroatoms. The number of hydrogen-bond acceptors (Lipinski definition) is 4. The molecule has 140 valence electrons. The maximum atomic E-state index is 12.8. The van der Waals surface area contributed by atoms with Crippen molar-refractivity contribution in [2.75, 3.05) is 13.1 Å². The number of amides is 1. The van der Waals surface area contributed by atoms with Crippen LogP contribution in [0.3, 0.4) is 0 Å². The van der Waals surface area contributed by atoms with Crippen LogP contribution in [0.2, 0.25) is 0 Å². The van der Waals surface area contributed by atoms with Crippen LogP contribution in [0.1, 0.15) is 35.8 Å². The van der Waals surface area contributed by atoms with E-state index in [1.54, 1.807) is 4.90 Å². The first kappa shape index (κ1) is 18.4. The second kappa shape index (κ2) is 7.06. The van der Waals surface area contributed by atoms with Crippen LogP contribution >= 0.6 is 0 Å². The summed E-state index contributed by atoms with van der Waals surface area (Å²) >= 11 is 0. The summed E-state index contributed by atoms with van der Waals surface area (Å²) < 4.78 is 39.7. The van der Waals surface area contributed by atoms with Crippen LogP contribution in [0.4, 0.5) is 13.2 Å². The molecule has 3 rings (SSSR count). The highest BCUT2D eigenvalue weighted by atomic mass is 19.4. The summed E-state index contributed by atoms with van der Waals surface area (Å²) in [4.78, 5) is 14.3. The van der Waals surface area contributed by atoms with Crippen LogP contribution in [0.25, 0.3) is 5.69 Å². The van der Waals surface area contributed by atoms with Gasteiger partial charge in [-0.05, 0) is 43.9 Å². The van der Waals surface area contributed by atoms with Crippen molar-refractivity contribution in [3.05, 3.63) is 41.7 Å². The Bertz CT molecular complexity index is 787. The van der Waals surface area contributed by atoms with Gasteiger partial charge in [-0.1, -0.05) is 11.3 Å². The van der Waals surface area contributed by atoms with E-state index in [1.807, 2.05) is 6.92 Å². The van der Waals surface area contributed by atoms with Gasteiger partial charge in [0.2, 0.25) is 0 Å². The fourth-order valence-corrected chi connectivity index (χ4v) is 3.10. The highest BCUT2D eigenvalue weighted by Gasteiger charge is 2.31. The van der Waals surface area contributed by atoms with Gasteiger partial charge in [0.1, 0.15) is 0 Å². The molecule has 26 heavy (non-hydrogen) atoms. The maximum absolute atomic E-state index is 12.8. The van der Waals surface area contributed by atoms with E-state index in [2.05, 4.69) is 10.3 Å². The molecule has 0 aliphatic carbocycles. The first-order valence-corrected chi connectivity index (χ1v) is 8.40. The predicted molar refractivity (Wildman–Crippen MR) is 88.6 cm³/mol. The molecule has 1 aromatic carbocycles. The first-order chi connectivity index (χ1) is 12.3. The smallest absolute Gasteiger partial charge is 0.337 e. The highest BCUT2D eigenvalue weighted by molar-refractivity contribution is 5.92. The van der Waals surface area contributed by atoms with E-state index in [0.29, 0.717) is 13.1 Å². The molecule has 1 amide bonds. The van der Waals surface area contributed by atoms with E-state index < -0.39 is 11.7 Å². The third-order valence-corrected chi connectivity index (χ3v) is 4.64. The molecular weight excluding hydrogens is 347 g/mol. The SMILES string of the molecule is C[C@@H](N)[C@@H]1CCCN(C(=O)c2cn(-c3cccc(C(F)(F)F)c3)nn2)C1. The Morgan fingerprint density at radius 3 is 2.85 bits per heavy atom. The second-order valence-electron chi connectivity index (χ2n) is 6.61. The molecule has 0 spiro atoms. The molecule has 1 fully saturated rings. The zero-order valence-electron chi connectivity index (χ0n) is 14.3. The number of carbonyl (C=O) groups is 1. The molecule has 1 saturated heterocycles. The van der Waals surface area contributed by atoms with Gasteiger partial charge >= 0.3 is 6.18 Å². The number of rotatable bonds is 3. The lowest BCUT2D eigenvalue weighted by molar-refractivity contribution is -0.137. The van der Waals surface area contributed by atoms with E-state index in [-0.39, 0.29) is 29.2 Å². The molecule has 0 saturated carbocycles.